The summed E-state index contributed by atoms with van der Waals surface area (Å²) in [4.78, 5) is 24.1. The second-order valence-electron chi connectivity index (χ2n) is 4.78. The molecule has 0 bridgehead atoms. The van der Waals surface area contributed by atoms with Gasteiger partial charge in [0, 0.05) is 4.90 Å². The van der Waals surface area contributed by atoms with Crippen LogP contribution in [0.15, 0.2) is 41.3 Å². The number of rotatable bonds is 2. The molecule has 2 aromatic rings. The topological polar surface area (TPSA) is 63.4 Å². The largest absolute Gasteiger partial charge is 0.416 e. The number of carbonyl (C=O) groups is 2. The number of amides is 3. The summed E-state index contributed by atoms with van der Waals surface area (Å²) in [6, 6.07) is 4.15. The standard InChI is InChI=1S/C15H9ClF4N2O2S/c16-8-2-1-3-9(17)12(8)13(23)22(14(21)24)10-5-4-7(6-11(10)25)15(18,19)20/h1-6,25H,(H2,21,24). The minimum absolute atomic E-state index is 0.288. The van der Waals surface area contributed by atoms with Gasteiger partial charge in [-0.15, -0.1) is 12.6 Å². The lowest BCUT2D eigenvalue weighted by molar-refractivity contribution is -0.137. The number of thiol groups is 1. The number of urea groups is 1. The molecule has 2 aromatic carbocycles. The van der Waals surface area contributed by atoms with E-state index in [9.17, 15) is 27.2 Å². The lowest BCUT2D eigenvalue weighted by Crippen LogP contribution is -2.41. The van der Waals surface area contributed by atoms with Gasteiger partial charge in [-0.1, -0.05) is 17.7 Å². The van der Waals surface area contributed by atoms with Crippen LogP contribution in [0.3, 0.4) is 0 Å². The van der Waals surface area contributed by atoms with Crippen LogP contribution in [0.5, 0.6) is 0 Å². The Balaban J connectivity index is 2.56. The molecule has 0 radical (unpaired) electrons. The van der Waals surface area contributed by atoms with Gasteiger partial charge in [-0.2, -0.15) is 13.2 Å². The third kappa shape index (κ3) is 3.88. The number of hydrogen-bond acceptors (Lipinski definition) is 3. The highest BCUT2D eigenvalue weighted by Crippen LogP contribution is 2.35. The lowest BCUT2D eigenvalue weighted by Gasteiger charge is -2.21. The van der Waals surface area contributed by atoms with E-state index < -0.39 is 35.1 Å². The van der Waals surface area contributed by atoms with Crippen LogP contribution < -0.4 is 10.6 Å². The van der Waals surface area contributed by atoms with Crippen LogP contribution in [-0.4, -0.2) is 11.9 Å². The Morgan fingerprint density at radius 3 is 2.28 bits per heavy atom. The first kappa shape index (κ1) is 19.1. The van der Waals surface area contributed by atoms with Crippen molar-refractivity contribution in [3.63, 3.8) is 0 Å². The van der Waals surface area contributed by atoms with Gasteiger partial charge in [-0.3, -0.25) is 4.79 Å². The van der Waals surface area contributed by atoms with Crippen molar-refractivity contribution in [3.05, 3.63) is 58.4 Å². The van der Waals surface area contributed by atoms with Crippen LogP contribution in [0.4, 0.5) is 28.0 Å². The van der Waals surface area contributed by atoms with Crippen LogP contribution in [0.25, 0.3) is 0 Å². The fourth-order valence-corrected chi connectivity index (χ4v) is 2.59. The zero-order chi connectivity index (χ0) is 18.9. The maximum absolute atomic E-state index is 13.9. The van der Waals surface area contributed by atoms with E-state index in [1.807, 2.05) is 0 Å². The molecule has 0 saturated carbocycles. The number of benzene rings is 2. The maximum Gasteiger partial charge on any atom is 0.416 e. The maximum atomic E-state index is 13.9. The first-order chi connectivity index (χ1) is 11.5. The van der Waals surface area contributed by atoms with Crippen LogP contribution in [-0.2, 0) is 6.18 Å². The van der Waals surface area contributed by atoms with Gasteiger partial charge in [0.1, 0.15) is 5.82 Å². The van der Waals surface area contributed by atoms with Crippen molar-refractivity contribution in [2.75, 3.05) is 4.90 Å². The molecule has 0 saturated heterocycles. The smallest absolute Gasteiger partial charge is 0.351 e. The van der Waals surface area contributed by atoms with Crippen molar-refractivity contribution in [2.45, 2.75) is 11.1 Å². The minimum Gasteiger partial charge on any atom is -0.351 e. The van der Waals surface area contributed by atoms with Gasteiger partial charge in [0.15, 0.2) is 0 Å². The van der Waals surface area contributed by atoms with Gasteiger partial charge in [-0.25, -0.2) is 14.1 Å². The summed E-state index contributed by atoms with van der Waals surface area (Å²) in [5.74, 6) is -2.25. The molecule has 25 heavy (non-hydrogen) atoms. The third-order valence-corrected chi connectivity index (χ3v) is 3.82. The van der Waals surface area contributed by atoms with Gasteiger partial charge >= 0.3 is 12.2 Å². The molecule has 0 aliphatic heterocycles. The van der Waals surface area contributed by atoms with E-state index >= 15 is 0 Å². The third-order valence-electron chi connectivity index (χ3n) is 3.14. The Morgan fingerprint density at radius 1 is 1.16 bits per heavy atom. The molecule has 0 aliphatic rings. The SMILES string of the molecule is NC(=O)N(C(=O)c1c(F)cccc1Cl)c1ccc(C(F)(F)F)cc1S. The van der Waals surface area contributed by atoms with Crippen LogP contribution in [0.2, 0.25) is 5.02 Å². The van der Waals surface area contributed by atoms with E-state index in [0.29, 0.717) is 17.0 Å². The highest BCUT2D eigenvalue weighted by molar-refractivity contribution is 7.80. The van der Waals surface area contributed by atoms with E-state index in [2.05, 4.69) is 12.6 Å². The molecular formula is C15H9ClF4N2O2S. The van der Waals surface area contributed by atoms with E-state index in [1.54, 1.807) is 0 Å². The minimum atomic E-state index is -4.65. The number of nitrogens with two attached hydrogens (primary N) is 1. The summed E-state index contributed by atoms with van der Waals surface area (Å²) in [5, 5.41) is -0.288. The molecule has 0 fully saturated rings. The van der Waals surface area contributed by atoms with Crippen molar-refractivity contribution in [1.82, 2.24) is 0 Å². The Hall–Kier alpha value is -2.26. The first-order valence-corrected chi connectivity index (χ1v) is 7.34. The van der Waals surface area contributed by atoms with E-state index in [0.717, 1.165) is 12.1 Å². The van der Waals surface area contributed by atoms with Crippen molar-refractivity contribution in [1.29, 1.82) is 0 Å². The van der Waals surface area contributed by atoms with Crippen molar-refractivity contribution < 1.29 is 27.2 Å². The van der Waals surface area contributed by atoms with Crippen molar-refractivity contribution in [2.24, 2.45) is 5.73 Å². The van der Waals surface area contributed by atoms with E-state index in [4.69, 9.17) is 17.3 Å². The second kappa shape index (κ2) is 6.93. The molecule has 2 rings (SSSR count). The normalized spacial score (nSPS) is 11.3. The summed E-state index contributed by atoms with van der Waals surface area (Å²) in [6.07, 6.45) is -4.65. The summed E-state index contributed by atoms with van der Waals surface area (Å²) in [5.41, 5.74) is 3.12. The molecule has 2 N–H and O–H groups in total. The molecule has 0 spiro atoms. The molecule has 10 heteroatoms. The Labute approximate surface area is 149 Å². The van der Waals surface area contributed by atoms with Gasteiger partial charge < -0.3 is 5.73 Å². The summed E-state index contributed by atoms with van der Waals surface area (Å²) >= 11 is 9.64. The molecule has 0 heterocycles. The fourth-order valence-electron chi connectivity index (χ4n) is 2.03. The Kier molecular flexibility index (Phi) is 5.28. The Bertz CT molecular complexity index is 838. The van der Waals surface area contributed by atoms with Gasteiger partial charge in [-0.05, 0) is 30.3 Å². The molecule has 0 unspecified atom stereocenters. The number of hydrogen-bond donors (Lipinski definition) is 2. The fraction of sp³-hybridized carbons (Fsp3) is 0.0667. The predicted octanol–water partition coefficient (Wildman–Crippen LogP) is 4.51. The number of primary amides is 1. The number of nitrogens with zero attached hydrogens (tertiary/aromatic N) is 1. The zero-order valence-electron chi connectivity index (χ0n) is 12.1. The Morgan fingerprint density at radius 2 is 1.80 bits per heavy atom. The lowest BCUT2D eigenvalue weighted by atomic mass is 10.1. The molecule has 0 aliphatic carbocycles. The molecule has 4 nitrogen and oxygen atoms in total. The average molecular weight is 393 g/mol. The summed E-state index contributed by atoms with van der Waals surface area (Å²) < 4.78 is 52.1. The van der Waals surface area contributed by atoms with Crippen molar-refractivity contribution in [3.8, 4) is 0 Å². The average Bonchev–Trinajstić information content (AvgIpc) is 2.47. The summed E-state index contributed by atoms with van der Waals surface area (Å²) in [6.45, 7) is 0. The van der Waals surface area contributed by atoms with Crippen molar-refractivity contribution >= 4 is 41.9 Å². The molecule has 0 aromatic heterocycles. The van der Waals surface area contributed by atoms with Crippen LogP contribution in [0, 0.1) is 5.82 Å². The van der Waals surface area contributed by atoms with Gasteiger partial charge in [0.05, 0.1) is 21.8 Å². The van der Waals surface area contributed by atoms with E-state index in [-0.39, 0.29) is 15.6 Å². The number of anilines is 1. The predicted molar refractivity (Wildman–Crippen MR) is 86.5 cm³/mol. The van der Waals surface area contributed by atoms with Gasteiger partial charge in [0.25, 0.3) is 5.91 Å². The monoisotopic (exact) mass is 392 g/mol. The number of imide groups is 1. The van der Waals surface area contributed by atoms with Crippen LogP contribution in [0.1, 0.15) is 15.9 Å². The highest BCUT2D eigenvalue weighted by Gasteiger charge is 2.33. The van der Waals surface area contributed by atoms with Crippen LogP contribution >= 0.6 is 24.2 Å². The quantitative estimate of drug-likeness (QED) is 0.583. The van der Waals surface area contributed by atoms with E-state index in [1.165, 1.54) is 12.1 Å². The highest BCUT2D eigenvalue weighted by atomic mass is 35.5. The number of halogens is 5. The molecule has 3 amide bonds. The number of alkyl halides is 3. The molecule has 0 atom stereocenters. The number of carbonyl (C=O) groups excluding carboxylic acids is 2. The molecular weight excluding hydrogens is 384 g/mol. The zero-order valence-corrected chi connectivity index (χ0v) is 13.8. The van der Waals surface area contributed by atoms with Gasteiger partial charge in [0.2, 0.25) is 0 Å². The first-order valence-electron chi connectivity index (χ1n) is 6.52. The molecule has 132 valence electrons. The summed E-state index contributed by atoms with van der Waals surface area (Å²) in [7, 11) is 0. The second-order valence-corrected chi connectivity index (χ2v) is 5.67.